The molecular formula is C17H25NO2. The lowest BCUT2D eigenvalue weighted by Crippen LogP contribution is -2.57. The average molecular weight is 275 g/mol. The molecule has 0 heterocycles. The zero-order chi connectivity index (χ0) is 15.0. The number of fused-ring (bicyclic) bond motifs is 1. The first-order valence-electron chi connectivity index (χ1n) is 7.37. The van der Waals surface area contributed by atoms with Gasteiger partial charge in [0.05, 0.1) is 11.1 Å². The Balaban J connectivity index is 2.18. The molecular weight excluding hydrogens is 250 g/mol. The highest BCUT2D eigenvalue weighted by Crippen LogP contribution is 2.24. The lowest BCUT2D eigenvalue weighted by molar-refractivity contribution is -0.00293. The topological polar surface area (TPSA) is 49.3 Å². The Morgan fingerprint density at radius 2 is 1.70 bits per heavy atom. The van der Waals surface area contributed by atoms with Crippen molar-refractivity contribution in [2.75, 3.05) is 0 Å². The van der Waals surface area contributed by atoms with Crippen molar-refractivity contribution in [3.63, 3.8) is 0 Å². The molecule has 0 spiro atoms. The molecule has 0 unspecified atom stereocenters. The predicted octanol–water partition coefficient (Wildman–Crippen LogP) is 2.84. The summed E-state index contributed by atoms with van der Waals surface area (Å²) in [6, 6.07) is 5.96. The molecule has 0 saturated heterocycles. The van der Waals surface area contributed by atoms with Gasteiger partial charge >= 0.3 is 0 Å². The molecule has 3 heteroatoms. The summed E-state index contributed by atoms with van der Waals surface area (Å²) in [5, 5.41) is 13.0. The molecule has 20 heavy (non-hydrogen) atoms. The number of aliphatic hydroxyl groups is 1. The van der Waals surface area contributed by atoms with Crippen molar-refractivity contribution >= 4 is 5.91 Å². The molecule has 0 atom stereocenters. The fourth-order valence-corrected chi connectivity index (χ4v) is 2.38. The van der Waals surface area contributed by atoms with Gasteiger partial charge in [0, 0.05) is 5.56 Å². The maximum atomic E-state index is 12.4. The Kier molecular flexibility index (Phi) is 3.92. The number of aryl methyl sites for hydroxylation is 2. The number of nitrogens with one attached hydrogen (secondary N) is 1. The van der Waals surface area contributed by atoms with E-state index in [0.717, 1.165) is 12.8 Å². The van der Waals surface area contributed by atoms with Gasteiger partial charge in [-0.25, -0.2) is 0 Å². The van der Waals surface area contributed by atoms with Crippen LogP contribution in [0, 0.1) is 0 Å². The molecule has 2 N–H and O–H groups in total. The molecule has 0 radical (unpaired) electrons. The molecule has 0 saturated carbocycles. The monoisotopic (exact) mass is 275 g/mol. The van der Waals surface area contributed by atoms with Crippen molar-refractivity contribution in [3.05, 3.63) is 34.9 Å². The van der Waals surface area contributed by atoms with E-state index in [2.05, 4.69) is 11.4 Å². The molecule has 1 amide bonds. The standard InChI is InChI=1S/C17H25NO2/c1-16(2,17(3,4)20)18-15(19)14-10-9-12-7-5-6-8-13(12)11-14/h9-11,20H,5-8H2,1-4H3,(H,18,19). The molecule has 110 valence electrons. The van der Waals surface area contributed by atoms with Crippen LogP contribution in [0.4, 0.5) is 0 Å². The van der Waals surface area contributed by atoms with Crippen LogP contribution in [0.1, 0.15) is 62.0 Å². The maximum absolute atomic E-state index is 12.4. The largest absolute Gasteiger partial charge is 0.388 e. The fourth-order valence-electron chi connectivity index (χ4n) is 2.38. The first kappa shape index (κ1) is 15.0. The summed E-state index contributed by atoms with van der Waals surface area (Å²) in [7, 11) is 0. The van der Waals surface area contributed by atoms with Crippen LogP contribution in [-0.2, 0) is 12.8 Å². The number of hydrogen-bond donors (Lipinski definition) is 2. The molecule has 3 nitrogen and oxygen atoms in total. The van der Waals surface area contributed by atoms with E-state index in [1.54, 1.807) is 13.8 Å². The fraction of sp³-hybridized carbons (Fsp3) is 0.588. The minimum Gasteiger partial charge on any atom is -0.388 e. The van der Waals surface area contributed by atoms with Crippen molar-refractivity contribution in [3.8, 4) is 0 Å². The highest BCUT2D eigenvalue weighted by molar-refractivity contribution is 5.95. The van der Waals surface area contributed by atoms with Gasteiger partial charge in [-0.2, -0.15) is 0 Å². The SMILES string of the molecule is CC(C)(O)C(C)(C)NC(=O)c1ccc2c(c1)CCCC2. The van der Waals surface area contributed by atoms with Crippen molar-refractivity contribution in [1.82, 2.24) is 5.32 Å². The Morgan fingerprint density at radius 1 is 1.10 bits per heavy atom. The van der Waals surface area contributed by atoms with Crippen LogP contribution in [0.25, 0.3) is 0 Å². The molecule has 1 aromatic rings. The van der Waals surface area contributed by atoms with Crippen LogP contribution in [0.5, 0.6) is 0 Å². The smallest absolute Gasteiger partial charge is 0.251 e. The Hall–Kier alpha value is -1.35. The quantitative estimate of drug-likeness (QED) is 0.891. The van der Waals surface area contributed by atoms with Crippen molar-refractivity contribution in [1.29, 1.82) is 0 Å². The van der Waals surface area contributed by atoms with Crippen molar-refractivity contribution in [2.45, 2.75) is 64.5 Å². The molecule has 2 rings (SSSR count). The second-order valence-electron chi connectivity index (χ2n) is 6.83. The van der Waals surface area contributed by atoms with Crippen LogP contribution >= 0.6 is 0 Å². The molecule has 1 aromatic carbocycles. The summed E-state index contributed by atoms with van der Waals surface area (Å²) in [6.45, 7) is 7.09. The van der Waals surface area contributed by atoms with Gasteiger partial charge in [0.15, 0.2) is 0 Å². The molecule has 0 aliphatic heterocycles. The molecule has 1 aliphatic carbocycles. The van der Waals surface area contributed by atoms with E-state index in [1.165, 1.54) is 24.0 Å². The summed E-state index contributed by atoms with van der Waals surface area (Å²) in [5.41, 5.74) is 1.69. The van der Waals surface area contributed by atoms with Gasteiger partial charge in [-0.15, -0.1) is 0 Å². The first-order valence-corrected chi connectivity index (χ1v) is 7.37. The average Bonchev–Trinajstić information content (AvgIpc) is 2.36. The second-order valence-corrected chi connectivity index (χ2v) is 6.83. The minimum absolute atomic E-state index is 0.120. The lowest BCUT2D eigenvalue weighted by atomic mass is 9.85. The predicted molar refractivity (Wildman–Crippen MR) is 80.9 cm³/mol. The van der Waals surface area contributed by atoms with E-state index < -0.39 is 11.1 Å². The van der Waals surface area contributed by atoms with Gasteiger partial charge < -0.3 is 10.4 Å². The zero-order valence-electron chi connectivity index (χ0n) is 12.9. The van der Waals surface area contributed by atoms with Gasteiger partial charge in [0.1, 0.15) is 0 Å². The molecule has 0 aromatic heterocycles. The van der Waals surface area contributed by atoms with Crippen LogP contribution in [0.15, 0.2) is 18.2 Å². The molecule has 0 bridgehead atoms. The van der Waals surface area contributed by atoms with E-state index in [-0.39, 0.29) is 5.91 Å². The van der Waals surface area contributed by atoms with Gasteiger partial charge in [0.25, 0.3) is 5.91 Å². The van der Waals surface area contributed by atoms with E-state index in [0.29, 0.717) is 5.56 Å². The highest BCUT2D eigenvalue weighted by Gasteiger charge is 2.36. The van der Waals surface area contributed by atoms with Crippen LogP contribution in [-0.4, -0.2) is 22.2 Å². The number of amides is 1. The number of rotatable bonds is 3. The third kappa shape index (κ3) is 3.04. The minimum atomic E-state index is -0.975. The Labute approximate surface area is 121 Å². The van der Waals surface area contributed by atoms with Crippen molar-refractivity contribution in [2.24, 2.45) is 0 Å². The summed E-state index contributed by atoms with van der Waals surface area (Å²) < 4.78 is 0. The lowest BCUT2D eigenvalue weighted by Gasteiger charge is -2.38. The van der Waals surface area contributed by atoms with E-state index in [9.17, 15) is 9.90 Å². The van der Waals surface area contributed by atoms with Gasteiger partial charge in [-0.05, 0) is 76.6 Å². The van der Waals surface area contributed by atoms with Gasteiger partial charge in [-0.3, -0.25) is 4.79 Å². The van der Waals surface area contributed by atoms with Crippen LogP contribution in [0.2, 0.25) is 0 Å². The summed E-state index contributed by atoms with van der Waals surface area (Å²) in [5.74, 6) is -0.120. The first-order chi connectivity index (χ1) is 9.21. The molecule has 1 aliphatic rings. The highest BCUT2D eigenvalue weighted by atomic mass is 16.3. The number of carbonyl (C=O) groups excluding carboxylic acids is 1. The van der Waals surface area contributed by atoms with E-state index >= 15 is 0 Å². The van der Waals surface area contributed by atoms with E-state index in [1.807, 2.05) is 26.0 Å². The zero-order valence-corrected chi connectivity index (χ0v) is 12.9. The molecule has 0 fully saturated rings. The number of benzene rings is 1. The number of carbonyl (C=O) groups is 1. The third-order valence-corrected chi connectivity index (χ3v) is 4.57. The van der Waals surface area contributed by atoms with Gasteiger partial charge in [-0.1, -0.05) is 6.07 Å². The second kappa shape index (κ2) is 5.21. The van der Waals surface area contributed by atoms with Crippen molar-refractivity contribution < 1.29 is 9.90 Å². The third-order valence-electron chi connectivity index (χ3n) is 4.57. The Morgan fingerprint density at radius 3 is 2.30 bits per heavy atom. The van der Waals surface area contributed by atoms with Crippen LogP contribution in [0.3, 0.4) is 0 Å². The normalized spacial score (nSPS) is 15.7. The van der Waals surface area contributed by atoms with Crippen LogP contribution < -0.4 is 5.32 Å². The maximum Gasteiger partial charge on any atom is 0.251 e. The van der Waals surface area contributed by atoms with Gasteiger partial charge in [0.2, 0.25) is 0 Å². The number of hydrogen-bond acceptors (Lipinski definition) is 2. The summed E-state index contributed by atoms with van der Waals surface area (Å²) >= 11 is 0. The summed E-state index contributed by atoms with van der Waals surface area (Å²) in [6.07, 6.45) is 4.62. The van der Waals surface area contributed by atoms with E-state index in [4.69, 9.17) is 0 Å². The Bertz CT molecular complexity index is 512. The summed E-state index contributed by atoms with van der Waals surface area (Å²) in [4.78, 5) is 12.4.